The molecule has 1 aromatic rings. The van der Waals surface area contributed by atoms with Crippen molar-refractivity contribution in [3.05, 3.63) is 59.0 Å². The summed E-state index contributed by atoms with van der Waals surface area (Å²) >= 11 is 1.55. The molecule has 0 aromatic carbocycles. The van der Waals surface area contributed by atoms with Crippen LogP contribution >= 0.6 is 11.3 Å². The summed E-state index contributed by atoms with van der Waals surface area (Å²) in [5.74, 6) is 2.42. The Bertz CT molecular complexity index is 1950. The summed E-state index contributed by atoms with van der Waals surface area (Å²) in [5, 5.41) is 37.6. The Hall–Kier alpha value is -4.10. The number of carbonyl (C=O) groups excluding carboxylic acids is 2. The van der Waals surface area contributed by atoms with Crippen molar-refractivity contribution in [1.82, 2.24) is 20.5 Å². The zero-order chi connectivity index (χ0) is 59.7. The smallest absolute Gasteiger partial charge is 0.290 e. The third-order valence-corrected chi connectivity index (χ3v) is 16.8. The van der Waals surface area contributed by atoms with Gasteiger partial charge in [0, 0.05) is 43.9 Å². The number of allylic oxidation sites excluding steroid dienone is 4. The molecule has 16 nitrogen and oxygen atoms in total. The van der Waals surface area contributed by atoms with Gasteiger partial charge in [0.2, 0.25) is 12.3 Å². The summed E-state index contributed by atoms with van der Waals surface area (Å²) in [6.45, 7) is 33.6. The molecular weight excluding hydrogens is 1020 g/mol. The average molecular weight is 1130 g/mol. The van der Waals surface area contributed by atoms with E-state index in [0.717, 1.165) is 74.6 Å². The van der Waals surface area contributed by atoms with Crippen LogP contribution in [-0.4, -0.2) is 133 Å². The molecule has 18 heteroatoms. The number of aromatic nitrogens is 1. The predicted octanol–water partition coefficient (Wildman–Crippen LogP) is 12.5. The lowest BCUT2D eigenvalue weighted by Gasteiger charge is -2.34. The number of likely N-dealkylation sites (tertiary alicyclic amines) is 1. The van der Waals surface area contributed by atoms with Crippen molar-refractivity contribution in [3.63, 3.8) is 0 Å². The summed E-state index contributed by atoms with van der Waals surface area (Å²) < 4.78 is 35.1. The molecule has 448 valence electrons. The summed E-state index contributed by atoms with van der Waals surface area (Å²) in [4.78, 5) is 40.6. The fraction of sp³-hybridized carbons (Fsp3) is 0.746. The first-order valence-corrected chi connectivity index (χ1v) is 30.9. The summed E-state index contributed by atoms with van der Waals surface area (Å²) in [7, 11) is 0.198. The van der Waals surface area contributed by atoms with Crippen molar-refractivity contribution >= 4 is 51.3 Å². The van der Waals surface area contributed by atoms with Crippen LogP contribution in [0.15, 0.2) is 58.3 Å². The maximum absolute atomic E-state index is 12.3. The first kappa shape index (κ1) is 77.1. The minimum atomic E-state index is -3.11. The normalized spacial score (nSPS) is 20.1. The van der Waals surface area contributed by atoms with E-state index in [4.69, 9.17) is 19.4 Å². The van der Waals surface area contributed by atoms with Crippen LogP contribution < -0.4 is 16.0 Å². The van der Waals surface area contributed by atoms with Crippen molar-refractivity contribution in [2.24, 2.45) is 22.2 Å². The van der Waals surface area contributed by atoms with Gasteiger partial charge in [-0.25, -0.2) is 13.4 Å². The molecule has 1 saturated carbocycles. The van der Waals surface area contributed by atoms with Gasteiger partial charge in [-0.15, -0.1) is 11.3 Å². The van der Waals surface area contributed by atoms with Crippen LogP contribution in [0.2, 0.25) is 0 Å². The fourth-order valence-corrected chi connectivity index (χ4v) is 10.9. The number of unbranched alkanes of at least 4 members (excludes halogenated alkanes) is 3. The Morgan fingerprint density at radius 3 is 2.10 bits per heavy atom. The summed E-state index contributed by atoms with van der Waals surface area (Å²) in [6.07, 6.45) is 28.6. The number of sulfone groups is 1. The number of amides is 2. The first-order valence-electron chi connectivity index (χ1n) is 28.4. The van der Waals surface area contributed by atoms with E-state index in [9.17, 15) is 28.2 Å². The number of anilines is 1. The first-order chi connectivity index (χ1) is 36.4. The number of carboxylic acid groups (broad SMARTS) is 1. The average Bonchev–Trinajstić information content (AvgIpc) is 3.96. The lowest BCUT2D eigenvalue weighted by Crippen LogP contribution is -2.44. The van der Waals surface area contributed by atoms with Crippen LogP contribution in [-0.2, 0) is 33.7 Å². The van der Waals surface area contributed by atoms with E-state index in [1.807, 2.05) is 70.9 Å². The van der Waals surface area contributed by atoms with E-state index in [1.54, 1.807) is 71.6 Å². The number of ether oxygens (including phenoxy) is 2. The quantitative estimate of drug-likeness (QED) is 0.0121. The molecule has 2 heterocycles. The number of methoxy groups -OCH3 is 2. The van der Waals surface area contributed by atoms with Crippen LogP contribution in [0.25, 0.3) is 0 Å². The molecule has 1 aromatic heterocycles. The van der Waals surface area contributed by atoms with Crippen LogP contribution in [0.1, 0.15) is 200 Å². The van der Waals surface area contributed by atoms with E-state index in [-0.39, 0.29) is 36.5 Å². The zero-order valence-corrected chi connectivity index (χ0v) is 52.7. The topological polar surface area (TPSA) is 229 Å². The second-order valence-electron chi connectivity index (χ2n) is 20.6. The van der Waals surface area contributed by atoms with Gasteiger partial charge in [-0.05, 0) is 131 Å². The molecular formula is C59H110N6O10S2. The highest BCUT2D eigenvalue weighted by atomic mass is 32.2. The number of carbonyl (C=O) groups is 3. The standard InChI is InChI=1S/C18H25N3O2S.C15H31NO.C13H26O3S.C8H14N2O2.2C2H6.CH2O2/c1-6-16(23-5)18(4)8-7-14(22)9-15(18)19-10-13-11-24-17(21-13)20-12(2)3;1-5-7-8-9-10-11-13(3)15(6-2)12-16-14(4)17;1-12(2,3)17(14,15)11-13(16-4)9-7-5-6-8-10-13;1-7-3-2-4-10(7)8(12)5-9-6-11;2*1-2;2-1-3/h6-12,15,22H,1-5H3,(H,20,21);10-11,13-17H,5-9,12H2,1-4H3;5-11H2,1-4H3;6-7H,2-5H2,1H3,(H,9,11);2*1-2H3;1H,(H,2,3)/b16-6+,19-10?;11-10-;;;;;/t;13?,14-,15?;;7-;;;/m.1.1.../s1. The van der Waals surface area contributed by atoms with Gasteiger partial charge < -0.3 is 40.3 Å². The van der Waals surface area contributed by atoms with Crippen molar-refractivity contribution in [2.45, 2.75) is 229 Å². The summed E-state index contributed by atoms with van der Waals surface area (Å²) in [6, 6.07) is 0.411. The highest BCUT2D eigenvalue weighted by Gasteiger charge is 2.41. The number of rotatable bonds is 22. The van der Waals surface area contributed by atoms with E-state index in [0.29, 0.717) is 30.3 Å². The van der Waals surface area contributed by atoms with Crippen molar-refractivity contribution in [1.29, 1.82) is 0 Å². The van der Waals surface area contributed by atoms with Crippen LogP contribution in [0.3, 0.4) is 0 Å². The number of aliphatic imine (C=N–C) groups is 1. The highest BCUT2D eigenvalue weighted by molar-refractivity contribution is 7.92. The van der Waals surface area contributed by atoms with Gasteiger partial charge in [0.05, 0.1) is 46.9 Å². The lowest BCUT2D eigenvalue weighted by atomic mass is 9.77. The van der Waals surface area contributed by atoms with Crippen molar-refractivity contribution < 1.29 is 47.6 Å². The molecule has 2 amide bonds. The summed E-state index contributed by atoms with van der Waals surface area (Å²) in [5.41, 5.74) is -0.0865. The zero-order valence-electron chi connectivity index (χ0n) is 51.1. The fourth-order valence-electron chi connectivity index (χ4n) is 8.52. The number of nitrogens with zero attached hydrogens (tertiary/aromatic N) is 3. The van der Waals surface area contributed by atoms with Crippen LogP contribution in [0.5, 0.6) is 0 Å². The largest absolute Gasteiger partial charge is 0.508 e. The number of thiazole rings is 1. The Labute approximate surface area is 472 Å². The molecule has 2 fully saturated rings. The number of hydrogen-bond donors (Lipinski definition) is 6. The molecule has 0 bridgehead atoms. The molecule has 6 atom stereocenters. The Morgan fingerprint density at radius 1 is 1.03 bits per heavy atom. The maximum atomic E-state index is 12.3. The van der Waals surface area contributed by atoms with Gasteiger partial charge in [-0.1, -0.05) is 112 Å². The number of aliphatic hydroxyl groups is 2. The van der Waals surface area contributed by atoms with Gasteiger partial charge >= 0.3 is 0 Å². The van der Waals surface area contributed by atoms with Crippen molar-refractivity contribution in [3.8, 4) is 0 Å². The Kier molecular flexibility index (Phi) is 43.8. The molecule has 1 aliphatic heterocycles. The third-order valence-electron chi connectivity index (χ3n) is 13.3. The SMILES string of the molecule is C/C=C(/OC)C1(C)C=CC(O)=CC1N=Cc1csc(NC(C)C)n1.CC.CC.CCCCC/C=C\C(C)C(CC)CN[C@@H](C)O.COC1(CS(=O)(=O)C(C)(C)C)CCCCCC1.C[C@@H]1CCCN1C(=O)CNC=O.O=CO. The van der Waals surface area contributed by atoms with Gasteiger partial charge in [-0.3, -0.25) is 24.7 Å². The van der Waals surface area contributed by atoms with Crippen LogP contribution in [0, 0.1) is 17.3 Å². The lowest BCUT2D eigenvalue weighted by molar-refractivity contribution is -0.131. The molecule has 0 radical (unpaired) electrons. The second kappa shape index (κ2) is 43.7. The number of hydrogen-bond acceptors (Lipinski definition) is 14. The molecule has 0 spiro atoms. The van der Waals surface area contributed by atoms with Gasteiger partial charge in [0.1, 0.15) is 17.7 Å². The van der Waals surface area contributed by atoms with E-state index in [1.165, 1.54) is 38.5 Å². The van der Waals surface area contributed by atoms with Crippen LogP contribution in [0.4, 0.5) is 5.13 Å². The predicted molar refractivity (Wildman–Crippen MR) is 324 cm³/mol. The highest BCUT2D eigenvalue weighted by Crippen LogP contribution is 2.39. The second-order valence-corrected chi connectivity index (χ2v) is 24.2. The molecule has 3 aliphatic rings. The van der Waals surface area contributed by atoms with Gasteiger partial charge in [0.25, 0.3) is 6.47 Å². The molecule has 77 heavy (non-hydrogen) atoms. The number of aliphatic hydroxyl groups excluding tert-OH is 2. The molecule has 4 rings (SSSR count). The van der Waals surface area contributed by atoms with Gasteiger partial charge in [0.15, 0.2) is 15.0 Å². The molecule has 6 N–H and O–H groups in total. The van der Waals surface area contributed by atoms with E-state index in [2.05, 4.69) is 72.7 Å². The Morgan fingerprint density at radius 2 is 1.64 bits per heavy atom. The van der Waals surface area contributed by atoms with Gasteiger partial charge in [-0.2, -0.15) is 0 Å². The van der Waals surface area contributed by atoms with Crippen molar-refractivity contribution in [2.75, 3.05) is 44.9 Å². The minimum absolute atomic E-state index is 0.0205. The van der Waals surface area contributed by atoms with E-state index >= 15 is 0 Å². The monoisotopic (exact) mass is 1130 g/mol. The Balaban J connectivity index is -0.000000932. The molecule has 2 aliphatic carbocycles. The molecule has 1 saturated heterocycles. The minimum Gasteiger partial charge on any atom is -0.508 e. The maximum Gasteiger partial charge on any atom is 0.290 e. The molecule has 4 unspecified atom stereocenters. The third kappa shape index (κ3) is 31.9. The van der Waals surface area contributed by atoms with E-state index < -0.39 is 31.8 Å². The number of nitrogens with one attached hydrogen (secondary N) is 3.